The number of hydrogen-bond acceptors (Lipinski definition) is 1. The predicted molar refractivity (Wildman–Crippen MR) is 89.3 cm³/mol. The molecule has 0 saturated carbocycles. The standard InChI is InChI=1S/C18H21F2N3/c1-2-21-18(23-13-15-7-3-4-9-17(15)20)22-11-10-14-6-5-8-16(19)12-14/h3-9,12H,2,10-11,13H2,1H3,(H2,21,22,23). The summed E-state index contributed by atoms with van der Waals surface area (Å²) in [5.74, 6) is 0.127. The van der Waals surface area contributed by atoms with Gasteiger partial charge in [0.15, 0.2) is 5.96 Å². The van der Waals surface area contributed by atoms with Crippen LogP contribution in [0.15, 0.2) is 53.5 Å². The SMILES string of the molecule is CCNC(=NCc1ccccc1F)NCCc1cccc(F)c1. The van der Waals surface area contributed by atoms with Crippen LogP contribution in [-0.2, 0) is 13.0 Å². The van der Waals surface area contributed by atoms with Crippen molar-refractivity contribution < 1.29 is 8.78 Å². The second-order valence-electron chi connectivity index (χ2n) is 5.09. The minimum atomic E-state index is -0.258. The van der Waals surface area contributed by atoms with E-state index >= 15 is 0 Å². The van der Waals surface area contributed by atoms with Crippen LogP contribution >= 0.6 is 0 Å². The van der Waals surface area contributed by atoms with Gasteiger partial charge in [0, 0.05) is 18.7 Å². The number of nitrogens with zero attached hydrogens (tertiary/aromatic N) is 1. The highest BCUT2D eigenvalue weighted by molar-refractivity contribution is 5.79. The Balaban J connectivity index is 1.90. The molecule has 0 fully saturated rings. The van der Waals surface area contributed by atoms with Gasteiger partial charge in [-0.2, -0.15) is 0 Å². The highest BCUT2D eigenvalue weighted by atomic mass is 19.1. The van der Waals surface area contributed by atoms with Gasteiger partial charge in [0.2, 0.25) is 0 Å². The zero-order valence-corrected chi connectivity index (χ0v) is 13.2. The molecule has 5 heteroatoms. The number of nitrogens with one attached hydrogen (secondary N) is 2. The summed E-state index contributed by atoms with van der Waals surface area (Å²) in [4.78, 5) is 4.37. The van der Waals surface area contributed by atoms with Gasteiger partial charge in [0.1, 0.15) is 11.6 Å². The van der Waals surface area contributed by atoms with Crippen molar-refractivity contribution in [3.05, 3.63) is 71.3 Å². The van der Waals surface area contributed by atoms with Crippen LogP contribution in [0.2, 0.25) is 0 Å². The van der Waals surface area contributed by atoms with Gasteiger partial charge in [0.05, 0.1) is 6.54 Å². The summed E-state index contributed by atoms with van der Waals surface area (Å²) in [7, 11) is 0. The fourth-order valence-corrected chi connectivity index (χ4v) is 2.15. The number of guanidine groups is 1. The lowest BCUT2D eigenvalue weighted by Crippen LogP contribution is -2.38. The zero-order chi connectivity index (χ0) is 16.5. The largest absolute Gasteiger partial charge is 0.357 e. The third-order valence-corrected chi connectivity index (χ3v) is 3.30. The van der Waals surface area contributed by atoms with Gasteiger partial charge in [-0.15, -0.1) is 0 Å². The Kier molecular flexibility index (Phi) is 6.54. The molecule has 2 rings (SSSR count). The maximum atomic E-state index is 13.6. The molecule has 0 saturated heterocycles. The molecule has 2 aromatic carbocycles. The molecule has 0 radical (unpaired) electrons. The summed E-state index contributed by atoms with van der Waals surface area (Å²) >= 11 is 0. The topological polar surface area (TPSA) is 36.4 Å². The lowest BCUT2D eigenvalue weighted by Gasteiger charge is -2.11. The molecule has 0 atom stereocenters. The van der Waals surface area contributed by atoms with E-state index in [9.17, 15) is 8.78 Å². The fraction of sp³-hybridized carbons (Fsp3) is 0.278. The molecule has 0 aromatic heterocycles. The first-order valence-corrected chi connectivity index (χ1v) is 7.69. The van der Waals surface area contributed by atoms with E-state index in [0.717, 1.165) is 5.56 Å². The number of aliphatic imine (C=N–C) groups is 1. The lowest BCUT2D eigenvalue weighted by atomic mass is 10.1. The van der Waals surface area contributed by atoms with E-state index in [1.54, 1.807) is 24.3 Å². The van der Waals surface area contributed by atoms with E-state index in [0.29, 0.717) is 31.0 Å². The Morgan fingerprint density at radius 3 is 2.61 bits per heavy atom. The van der Waals surface area contributed by atoms with E-state index < -0.39 is 0 Å². The molecule has 23 heavy (non-hydrogen) atoms. The van der Waals surface area contributed by atoms with Crippen molar-refractivity contribution in [2.45, 2.75) is 19.9 Å². The maximum absolute atomic E-state index is 13.6. The molecule has 0 amide bonds. The summed E-state index contributed by atoms with van der Waals surface area (Å²) in [5.41, 5.74) is 1.47. The highest BCUT2D eigenvalue weighted by Gasteiger charge is 2.02. The third-order valence-electron chi connectivity index (χ3n) is 3.30. The summed E-state index contributed by atoms with van der Waals surface area (Å²) in [5, 5.41) is 6.28. The lowest BCUT2D eigenvalue weighted by molar-refractivity contribution is 0.610. The summed E-state index contributed by atoms with van der Waals surface area (Å²) < 4.78 is 26.7. The Bertz CT molecular complexity index is 656. The Hall–Kier alpha value is -2.43. The average molecular weight is 317 g/mol. The van der Waals surface area contributed by atoms with Crippen LogP contribution < -0.4 is 10.6 Å². The van der Waals surface area contributed by atoms with Crippen LogP contribution in [0.4, 0.5) is 8.78 Å². The molecular formula is C18H21F2N3. The van der Waals surface area contributed by atoms with Crippen molar-refractivity contribution in [1.29, 1.82) is 0 Å². The van der Waals surface area contributed by atoms with Crippen LogP contribution in [0.25, 0.3) is 0 Å². The Labute approximate surface area is 135 Å². The van der Waals surface area contributed by atoms with Gasteiger partial charge in [0.25, 0.3) is 0 Å². The summed E-state index contributed by atoms with van der Waals surface area (Å²) in [6.45, 7) is 3.56. The minimum absolute atomic E-state index is 0.234. The van der Waals surface area contributed by atoms with E-state index in [4.69, 9.17) is 0 Å². The van der Waals surface area contributed by atoms with Gasteiger partial charge < -0.3 is 10.6 Å². The maximum Gasteiger partial charge on any atom is 0.191 e. The van der Waals surface area contributed by atoms with E-state index in [-0.39, 0.29) is 18.2 Å². The van der Waals surface area contributed by atoms with Crippen LogP contribution in [0, 0.1) is 11.6 Å². The van der Waals surface area contributed by atoms with Crippen molar-refractivity contribution in [3.8, 4) is 0 Å². The summed E-state index contributed by atoms with van der Waals surface area (Å²) in [6, 6.07) is 13.1. The molecular weight excluding hydrogens is 296 g/mol. The Morgan fingerprint density at radius 1 is 1.04 bits per heavy atom. The molecule has 0 spiro atoms. The van der Waals surface area contributed by atoms with Gasteiger partial charge in [-0.1, -0.05) is 30.3 Å². The molecule has 2 N–H and O–H groups in total. The van der Waals surface area contributed by atoms with E-state index in [2.05, 4.69) is 15.6 Å². The van der Waals surface area contributed by atoms with Gasteiger partial charge >= 0.3 is 0 Å². The van der Waals surface area contributed by atoms with Crippen LogP contribution in [0.3, 0.4) is 0 Å². The smallest absolute Gasteiger partial charge is 0.191 e. The molecule has 0 heterocycles. The van der Waals surface area contributed by atoms with Gasteiger partial charge in [-0.3, -0.25) is 0 Å². The quantitative estimate of drug-likeness (QED) is 0.634. The van der Waals surface area contributed by atoms with E-state index in [1.807, 2.05) is 13.0 Å². The fourth-order valence-electron chi connectivity index (χ4n) is 2.15. The first kappa shape index (κ1) is 16.9. The molecule has 0 aliphatic heterocycles. The van der Waals surface area contributed by atoms with E-state index in [1.165, 1.54) is 18.2 Å². The first-order valence-electron chi connectivity index (χ1n) is 7.69. The molecule has 2 aromatic rings. The first-order chi connectivity index (χ1) is 11.2. The van der Waals surface area contributed by atoms with Crippen LogP contribution in [0.5, 0.6) is 0 Å². The van der Waals surface area contributed by atoms with Crippen molar-refractivity contribution in [1.82, 2.24) is 10.6 Å². The van der Waals surface area contributed by atoms with Crippen molar-refractivity contribution in [3.63, 3.8) is 0 Å². The molecule has 3 nitrogen and oxygen atoms in total. The third kappa shape index (κ3) is 5.70. The second kappa shape index (κ2) is 8.88. The number of halogens is 2. The number of hydrogen-bond donors (Lipinski definition) is 2. The number of rotatable bonds is 6. The van der Waals surface area contributed by atoms with Crippen molar-refractivity contribution in [2.24, 2.45) is 4.99 Å². The normalized spacial score (nSPS) is 11.3. The van der Waals surface area contributed by atoms with Crippen molar-refractivity contribution in [2.75, 3.05) is 13.1 Å². The second-order valence-corrected chi connectivity index (χ2v) is 5.09. The molecule has 0 aliphatic rings. The zero-order valence-electron chi connectivity index (χ0n) is 13.2. The Morgan fingerprint density at radius 2 is 1.87 bits per heavy atom. The van der Waals surface area contributed by atoms with Crippen LogP contribution in [0.1, 0.15) is 18.1 Å². The van der Waals surface area contributed by atoms with Gasteiger partial charge in [-0.25, -0.2) is 13.8 Å². The van der Waals surface area contributed by atoms with Crippen LogP contribution in [-0.4, -0.2) is 19.0 Å². The monoisotopic (exact) mass is 317 g/mol. The number of benzene rings is 2. The molecule has 0 aliphatic carbocycles. The average Bonchev–Trinajstić information content (AvgIpc) is 2.54. The van der Waals surface area contributed by atoms with Gasteiger partial charge in [-0.05, 0) is 37.1 Å². The molecule has 122 valence electrons. The predicted octanol–water partition coefficient (Wildman–Crippen LogP) is 3.26. The van der Waals surface area contributed by atoms with Crippen molar-refractivity contribution >= 4 is 5.96 Å². The molecule has 0 bridgehead atoms. The molecule has 0 unspecified atom stereocenters. The highest BCUT2D eigenvalue weighted by Crippen LogP contribution is 2.07. The summed E-state index contributed by atoms with van der Waals surface area (Å²) in [6.07, 6.45) is 0.682. The minimum Gasteiger partial charge on any atom is -0.357 e.